The van der Waals surface area contributed by atoms with Gasteiger partial charge in [-0.25, -0.2) is 0 Å². The third-order valence-electron chi connectivity index (χ3n) is 6.78. The molecule has 0 aliphatic heterocycles. The smallest absolute Gasteiger partial charge is 0.308 e. The summed E-state index contributed by atoms with van der Waals surface area (Å²) < 4.78 is 41.8. The summed E-state index contributed by atoms with van der Waals surface area (Å²) in [6, 6.07) is 20.5. The molecule has 34 heavy (non-hydrogen) atoms. The van der Waals surface area contributed by atoms with Crippen molar-refractivity contribution >= 4 is 34.8 Å². The first-order chi connectivity index (χ1) is 15.9. The molecule has 1 fully saturated rings. The fourth-order valence-electron chi connectivity index (χ4n) is 5.11. The summed E-state index contributed by atoms with van der Waals surface area (Å²) in [5, 5.41) is 2.00. The van der Waals surface area contributed by atoms with Gasteiger partial charge in [0.25, 0.3) is 18.4 Å². The lowest BCUT2D eigenvalue weighted by Gasteiger charge is -2.48. The number of esters is 1. The highest BCUT2D eigenvalue weighted by Gasteiger charge is 2.54. The van der Waals surface area contributed by atoms with E-state index in [1.165, 1.54) is 7.11 Å². The standard InChI is InChI=1S/C26H36O6SSi/c1-19-23(31-33(6,28)29)17-20(25(27)30-5)18-24(19)32-34(26(2,3)4,21-13-9-7-10-14-21)22-15-11-8-12-16-22/h7-16,19-20,23-24H,17-18H2,1-6H3/t19-,20-,23+,24-/m1/s1. The monoisotopic (exact) mass is 504 g/mol. The van der Waals surface area contributed by atoms with Gasteiger partial charge in [-0.05, 0) is 28.3 Å². The summed E-state index contributed by atoms with van der Waals surface area (Å²) >= 11 is 0. The van der Waals surface area contributed by atoms with Crippen LogP contribution < -0.4 is 10.4 Å². The molecule has 2 aromatic rings. The molecule has 186 valence electrons. The predicted octanol–water partition coefficient (Wildman–Crippen LogP) is 3.50. The number of methoxy groups -OCH3 is 1. The van der Waals surface area contributed by atoms with E-state index >= 15 is 0 Å². The highest BCUT2D eigenvalue weighted by molar-refractivity contribution is 7.86. The number of hydrogen-bond donors (Lipinski definition) is 0. The Kier molecular flexibility index (Phi) is 8.07. The fourth-order valence-corrected chi connectivity index (χ4v) is 10.6. The Labute approximate surface area is 204 Å². The van der Waals surface area contributed by atoms with E-state index in [9.17, 15) is 13.2 Å². The summed E-state index contributed by atoms with van der Waals surface area (Å²) in [5.41, 5.74) is 0. The summed E-state index contributed by atoms with van der Waals surface area (Å²) in [5.74, 6) is -1.11. The van der Waals surface area contributed by atoms with E-state index in [0.717, 1.165) is 16.6 Å². The van der Waals surface area contributed by atoms with Crippen LogP contribution in [0.5, 0.6) is 0 Å². The van der Waals surface area contributed by atoms with Crippen LogP contribution in [-0.2, 0) is 28.3 Å². The molecule has 0 bridgehead atoms. The average Bonchev–Trinajstić information content (AvgIpc) is 2.78. The highest BCUT2D eigenvalue weighted by atomic mass is 32.2. The van der Waals surface area contributed by atoms with Gasteiger partial charge in [-0.3, -0.25) is 8.98 Å². The molecule has 2 aromatic carbocycles. The first-order valence-electron chi connectivity index (χ1n) is 11.6. The van der Waals surface area contributed by atoms with Crippen LogP contribution in [0.3, 0.4) is 0 Å². The third-order valence-corrected chi connectivity index (χ3v) is 12.4. The van der Waals surface area contributed by atoms with E-state index in [-0.39, 0.29) is 23.3 Å². The van der Waals surface area contributed by atoms with Gasteiger partial charge in [0.2, 0.25) is 0 Å². The van der Waals surface area contributed by atoms with Gasteiger partial charge in [0.15, 0.2) is 0 Å². The van der Waals surface area contributed by atoms with Crippen molar-refractivity contribution in [1.29, 1.82) is 0 Å². The van der Waals surface area contributed by atoms with Gasteiger partial charge in [0, 0.05) is 5.92 Å². The van der Waals surface area contributed by atoms with Crippen molar-refractivity contribution < 1.29 is 26.6 Å². The largest absolute Gasteiger partial charge is 0.469 e. The molecule has 3 rings (SSSR count). The number of carbonyl (C=O) groups is 1. The van der Waals surface area contributed by atoms with Crippen LogP contribution in [0.15, 0.2) is 60.7 Å². The molecule has 1 aliphatic rings. The molecule has 0 amide bonds. The van der Waals surface area contributed by atoms with Crippen molar-refractivity contribution in [1.82, 2.24) is 0 Å². The SMILES string of the molecule is COC(=O)[C@@H]1C[C@H](OS(C)(=O)=O)[C@@H](C)[C@H](O[Si](c2ccccc2)(c2ccccc2)C(C)(C)C)C1. The van der Waals surface area contributed by atoms with Crippen LogP contribution in [0.4, 0.5) is 0 Å². The number of ether oxygens (including phenoxy) is 1. The second-order valence-electron chi connectivity index (χ2n) is 10.2. The maximum atomic E-state index is 12.6. The Hall–Kier alpha value is -2.00. The Morgan fingerprint density at radius 2 is 1.38 bits per heavy atom. The van der Waals surface area contributed by atoms with Gasteiger partial charge >= 0.3 is 5.97 Å². The molecule has 8 heteroatoms. The van der Waals surface area contributed by atoms with Crippen molar-refractivity contribution in [2.45, 2.75) is 57.8 Å². The molecule has 0 spiro atoms. The van der Waals surface area contributed by atoms with Gasteiger partial charge in [0.1, 0.15) is 0 Å². The minimum atomic E-state index is -3.71. The van der Waals surface area contributed by atoms with E-state index in [2.05, 4.69) is 45.0 Å². The average molecular weight is 505 g/mol. The fraction of sp³-hybridized carbons (Fsp3) is 0.500. The Bertz CT molecular complexity index is 1030. The van der Waals surface area contributed by atoms with E-state index in [4.69, 9.17) is 13.3 Å². The van der Waals surface area contributed by atoms with Crippen molar-refractivity contribution in [3.63, 3.8) is 0 Å². The number of hydrogen-bond acceptors (Lipinski definition) is 6. The molecule has 1 saturated carbocycles. The van der Waals surface area contributed by atoms with Gasteiger partial charge < -0.3 is 9.16 Å². The van der Waals surface area contributed by atoms with E-state index in [1.54, 1.807) is 0 Å². The molecule has 0 unspecified atom stereocenters. The van der Waals surface area contributed by atoms with Gasteiger partial charge in [-0.1, -0.05) is 88.4 Å². The molecular weight excluding hydrogens is 468 g/mol. The quantitative estimate of drug-likeness (QED) is 0.326. The highest BCUT2D eigenvalue weighted by Crippen LogP contribution is 2.42. The Morgan fingerprint density at radius 3 is 1.79 bits per heavy atom. The second kappa shape index (κ2) is 10.3. The molecule has 0 heterocycles. The molecule has 0 aromatic heterocycles. The van der Waals surface area contributed by atoms with Crippen LogP contribution in [0.2, 0.25) is 5.04 Å². The van der Waals surface area contributed by atoms with E-state index in [0.29, 0.717) is 6.42 Å². The molecule has 6 nitrogen and oxygen atoms in total. The Morgan fingerprint density at radius 1 is 0.912 bits per heavy atom. The zero-order valence-corrected chi connectivity index (χ0v) is 22.7. The summed E-state index contributed by atoms with van der Waals surface area (Å²) in [6.07, 6.45) is 0.704. The number of benzene rings is 2. The molecule has 0 radical (unpaired) electrons. The van der Waals surface area contributed by atoms with Crippen molar-refractivity contribution in [3.05, 3.63) is 60.7 Å². The van der Waals surface area contributed by atoms with Crippen LogP contribution in [0, 0.1) is 11.8 Å². The number of carbonyl (C=O) groups excluding carboxylic acids is 1. The normalized spacial score (nSPS) is 23.9. The third kappa shape index (κ3) is 5.62. The number of rotatable bonds is 7. The Balaban J connectivity index is 2.14. The second-order valence-corrected chi connectivity index (χ2v) is 16.1. The van der Waals surface area contributed by atoms with Crippen LogP contribution in [0.1, 0.15) is 40.5 Å². The van der Waals surface area contributed by atoms with E-state index < -0.39 is 36.6 Å². The molecule has 0 saturated heterocycles. The summed E-state index contributed by atoms with van der Waals surface area (Å²) in [6.45, 7) is 8.52. The van der Waals surface area contributed by atoms with Crippen LogP contribution in [-0.4, -0.2) is 48.3 Å². The van der Waals surface area contributed by atoms with Gasteiger partial charge in [-0.15, -0.1) is 0 Å². The first-order valence-corrected chi connectivity index (χ1v) is 15.4. The first kappa shape index (κ1) is 26.6. The van der Waals surface area contributed by atoms with Crippen molar-refractivity contribution in [2.75, 3.05) is 13.4 Å². The zero-order chi connectivity index (χ0) is 25.1. The molecule has 1 aliphatic carbocycles. The van der Waals surface area contributed by atoms with Crippen LogP contribution >= 0.6 is 0 Å². The summed E-state index contributed by atoms with van der Waals surface area (Å²) in [4.78, 5) is 12.6. The van der Waals surface area contributed by atoms with Crippen molar-refractivity contribution in [3.8, 4) is 0 Å². The summed E-state index contributed by atoms with van der Waals surface area (Å²) in [7, 11) is -5.26. The lowest BCUT2D eigenvalue weighted by atomic mass is 9.79. The van der Waals surface area contributed by atoms with Gasteiger partial charge in [-0.2, -0.15) is 8.42 Å². The lowest BCUT2D eigenvalue weighted by Crippen LogP contribution is -2.68. The maximum Gasteiger partial charge on any atom is 0.308 e. The zero-order valence-electron chi connectivity index (χ0n) is 20.9. The van der Waals surface area contributed by atoms with Crippen LogP contribution in [0.25, 0.3) is 0 Å². The lowest BCUT2D eigenvalue weighted by molar-refractivity contribution is -0.150. The minimum Gasteiger partial charge on any atom is -0.469 e. The molecule has 0 N–H and O–H groups in total. The predicted molar refractivity (Wildman–Crippen MR) is 136 cm³/mol. The van der Waals surface area contributed by atoms with Gasteiger partial charge in [0.05, 0.1) is 31.5 Å². The van der Waals surface area contributed by atoms with E-state index in [1.807, 2.05) is 43.3 Å². The topological polar surface area (TPSA) is 78.9 Å². The minimum absolute atomic E-state index is 0.239. The van der Waals surface area contributed by atoms with Crippen molar-refractivity contribution in [2.24, 2.45) is 11.8 Å². The maximum absolute atomic E-state index is 12.6. The molecule has 4 atom stereocenters. The molecular formula is C26H36O6SSi.